The normalized spacial score (nSPS) is 38.6. The molecule has 1 aromatic rings. The molecule has 2 amide bonds. The number of hydrogen-bond acceptors (Lipinski definition) is 4. The number of rotatable bonds is 5. The quantitative estimate of drug-likeness (QED) is 0.498. The molecule has 208 valence electrons. The number of hydrogen-bond donors (Lipinski definition) is 1. The highest BCUT2D eigenvalue weighted by Gasteiger charge is 2.58. The maximum absolute atomic E-state index is 13.0. The first-order valence-electron chi connectivity index (χ1n) is 15.3. The molecule has 0 spiro atoms. The Balaban J connectivity index is 1.09. The fourth-order valence-corrected chi connectivity index (χ4v) is 9.61. The molecule has 1 aromatic heterocycles. The van der Waals surface area contributed by atoms with E-state index in [1.165, 1.54) is 63.6 Å². The van der Waals surface area contributed by atoms with Gasteiger partial charge in [-0.3, -0.25) is 0 Å². The summed E-state index contributed by atoms with van der Waals surface area (Å²) < 4.78 is 5.27. The zero-order valence-electron chi connectivity index (χ0n) is 23.7. The Bertz CT molecular complexity index is 1100. The molecule has 3 saturated carbocycles. The van der Waals surface area contributed by atoms with Crippen molar-refractivity contribution in [1.29, 1.82) is 0 Å². The summed E-state index contributed by atoms with van der Waals surface area (Å²) in [6, 6.07) is 4.04. The second-order valence-electron chi connectivity index (χ2n) is 13.6. The van der Waals surface area contributed by atoms with Crippen LogP contribution in [0.4, 0.5) is 4.79 Å². The fraction of sp³-hybridized carbons (Fsp3) is 0.750. The number of nitrogens with zero attached hydrogens (tertiary/aromatic N) is 2. The van der Waals surface area contributed by atoms with Gasteiger partial charge in [0.15, 0.2) is 0 Å². The number of carbonyl (C=O) groups excluding carboxylic acids is 1. The van der Waals surface area contributed by atoms with Crippen LogP contribution in [0.1, 0.15) is 89.5 Å². The van der Waals surface area contributed by atoms with Gasteiger partial charge in [0, 0.05) is 32.2 Å². The fourth-order valence-electron chi connectivity index (χ4n) is 9.61. The molecule has 6 nitrogen and oxygen atoms in total. The van der Waals surface area contributed by atoms with Crippen molar-refractivity contribution in [2.75, 3.05) is 33.2 Å². The van der Waals surface area contributed by atoms with Crippen molar-refractivity contribution >= 4 is 6.03 Å². The van der Waals surface area contributed by atoms with Crippen molar-refractivity contribution in [2.45, 2.75) is 90.0 Å². The first-order chi connectivity index (χ1) is 18.3. The lowest BCUT2D eigenvalue weighted by molar-refractivity contribution is -0.0670. The average molecular weight is 522 g/mol. The molecule has 4 aliphatic carbocycles. The third kappa shape index (κ3) is 4.45. The monoisotopic (exact) mass is 521 g/mol. The Labute approximate surface area is 228 Å². The molecule has 2 heterocycles. The van der Waals surface area contributed by atoms with E-state index in [4.69, 9.17) is 4.42 Å². The Kier molecular flexibility index (Phi) is 6.99. The predicted octanol–water partition coefficient (Wildman–Crippen LogP) is 5.79. The second-order valence-corrected chi connectivity index (χ2v) is 13.6. The van der Waals surface area contributed by atoms with Crippen molar-refractivity contribution in [3.8, 4) is 0 Å². The molecule has 38 heavy (non-hydrogen) atoms. The number of carbonyl (C=O) groups is 1. The second kappa shape index (κ2) is 10.1. The topological polar surface area (TPSA) is 65.8 Å². The summed E-state index contributed by atoms with van der Waals surface area (Å²) in [6.45, 7) is 9.14. The molecular weight excluding hydrogens is 474 g/mol. The Morgan fingerprint density at radius 2 is 1.95 bits per heavy atom. The van der Waals surface area contributed by atoms with Crippen LogP contribution in [0.15, 0.2) is 39.3 Å². The number of amides is 2. The maximum Gasteiger partial charge on any atom is 0.335 e. The van der Waals surface area contributed by atoms with E-state index in [-0.39, 0.29) is 17.1 Å². The molecule has 4 fully saturated rings. The van der Waals surface area contributed by atoms with Crippen LogP contribution in [0, 0.1) is 28.6 Å². The number of likely N-dealkylation sites (tertiary alicyclic amines) is 1. The SMILES string of the molecule is CN(C(=O)NCCN1CCCC1)[C@H]1CC[C@@]2(C)[C@H](CC[C@H]3C4=CC[C@H](c5ccc(=O)oc5)[C@@]4(C)CC[C@@H]32)C1. The van der Waals surface area contributed by atoms with E-state index in [1.54, 1.807) is 17.9 Å². The standard InChI is InChI=1S/C32H47N3O3/c1-31-14-12-24(34(3)30(37)33-16-19-35-17-4-5-18-35)20-23(31)7-8-25-27-10-9-26(22-6-11-29(36)38-21-22)32(27,2)15-13-28(25)31/h6,10-11,21,23-26,28H,4-5,7-9,12-20H2,1-3H3,(H,33,37)/t23-,24+,25+,26-,28+,31+,32-/m1/s1. The molecule has 5 aliphatic rings. The molecule has 0 bridgehead atoms. The Hall–Kier alpha value is -2.08. The lowest BCUT2D eigenvalue weighted by Gasteiger charge is -2.60. The van der Waals surface area contributed by atoms with E-state index in [9.17, 15) is 9.59 Å². The summed E-state index contributed by atoms with van der Waals surface area (Å²) in [5.41, 5.74) is 3.15. The lowest BCUT2D eigenvalue weighted by Crippen LogP contribution is -2.55. The van der Waals surface area contributed by atoms with Crippen LogP contribution in [0.2, 0.25) is 0 Å². The first kappa shape index (κ1) is 26.2. The van der Waals surface area contributed by atoms with Crippen LogP contribution in [0.5, 0.6) is 0 Å². The smallest absolute Gasteiger partial charge is 0.335 e. The molecule has 1 saturated heterocycles. The van der Waals surface area contributed by atoms with Gasteiger partial charge >= 0.3 is 11.7 Å². The molecule has 0 unspecified atom stereocenters. The molecular formula is C32H47N3O3. The lowest BCUT2D eigenvalue weighted by atomic mass is 9.45. The minimum atomic E-state index is -0.263. The summed E-state index contributed by atoms with van der Waals surface area (Å²) in [5.74, 6) is 2.54. The molecule has 7 atom stereocenters. The molecule has 1 aliphatic heterocycles. The van der Waals surface area contributed by atoms with E-state index in [0.717, 1.165) is 38.3 Å². The van der Waals surface area contributed by atoms with Gasteiger partial charge in [-0.05, 0) is 123 Å². The summed E-state index contributed by atoms with van der Waals surface area (Å²) in [4.78, 5) is 29.0. The minimum absolute atomic E-state index is 0.110. The van der Waals surface area contributed by atoms with E-state index >= 15 is 0 Å². The molecule has 0 radical (unpaired) electrons. The van der Waals surface area contributed by atoms with Gasteiger partial charge in [0.05, 0.1) is 6.26 Å². The van der Waals surface area contributed by atoms with Crippen molar-refractivity contribution in [2.24, 2.45) is 28.6 Å². The predicted molar refractivity (Wildman–Crippen MR) is 150 cm³/mol. The highest BCUT2D eigenvalue weighted by atomic mass is 16.4. The van der Waals surface area contributed by atoms with E-state index in [1.807, 2.05) is 18.0 Å². The summed E-state index contributed by atoms with van der Waals surface area (Å²) >= 11 is 0. The molecule has 6 rings (SSSR count). The minimum Gasteiger partial charge on any atom is -0.431 e. The van der Waals surface area contributed by atoms with Crippen LogP contribution >= 0.6 is 0 Å². The number of urea groups is 1. The van der Waals surface area contributed by atoms with Gasteiger partial charge in [0.2, 0.25) is 0 Å². The molecule has 0 aromatic carbocycles. The third-order valence-corrected chi connectivity index (χ3v) is 11.9. The zero-order valence-corrected chi connectivity index (χ0v) is 23.7. The van der Waals surface area contributed by atoms with Gasteiger partial charge in [-0.15, -0.1) is 0 Å². The van der Waals surface area contributed by atoms with Crippen LogP contribution in [0.25, 0.3) is 0 Å². The summed E-state index contributed by atoms with van der Waals surface area (Å²) in [7, 11) is 2.02. The van der Waals surface area contributed by atoms with Gasteiger partial charge in [-0.2, -0.15) is 0 Å². The van der Waals surface area contributed by atoms with E-state index in [0.29, 0.717) is 29.2 Å². The number of allylic oxidation sites excluding steroid dienone is 2. The number of fused-ring (bicyclic) bond motifs is 5. The molecule has 1 N–H and O–H groups in total. The van der Waals surface area contributed by atoms with Crippen molar-refractivity contribution in [1.82, 2.24) is 15.1 Å². The van der Waals surface area contributed by atoms with E-state index < -0.39 is 0 Å². The van der Waals surface area contributed by atoms with Crippen molar-refractivity contribution in [3.63, 3.8) is 0 Å². The van der Waals surface area contributed by atoms with Crippen molar-refractivity contribution < 1.29 is 9.21 Å². The zero-order chi connectivity index (χ0) is 26.5. The van der Waals surface area contributed by atoms with Gasteiger partial charge in [-0.25, -0.2) is 9.59 Å². The van der Waals surface area contributed by atoms with Crippen LogP contribution in [-0.2, 0) is 0 Å². The van der Waals surface area contributed by atoms with Crippen molar-refractivity contribution in [3.05, 3.63) is 46.0 Å². The van der Waals surface area contributed by atoms with Gasteiger partial charge in [-0.1, -0.05) is 25.5 Å². The summed E-state index contributed by atoms with van der Waals surface area (Å²) in [5, 5.41) is 3.20. The largest absolute Gasteiger partial charge is 0.431 e. The maximum atomic E-state index is 13.0. The van der Waals surface area contributed by atoms with Gasteiger partial charge in [0.25, 0.3) is 0 Å². The highest BCUT2D eigenvalue weighted by Crippen LogP contribution is 2.67. The van der Waals surface area contributed by atoms with Crippen LogP contribution < -0.4 is 10.9 Å². The van der Waals surface area contributed by atoms with Gasteiger partial charge < -0.3 is 19.5 Å². The van der Waals surface area contributed by atoms with Crippen LogP contribution in [-0.4, -0.2) is 55.1 Å². The first-order valence-corrected chi connectivity index (χ1v) is 15.3. The Morgan fingerprint density at radius 3 is 2.71 bits per heavy atom. The number of nitrogens with one attached hydrogen (secondary N) is 1. The van der Waals surface area contributed by atoms with E-state index in [2.05, 4.69) is 30.1 Å². The Morgan fingerprint density at radius 1 is 1.13 bits per heavy atom. The third-order valence-electron chi connectivity index (χ3n) is 11.9. The summed E-state index contributed by atoms with van der Waals surface area (Å²) in [6.07, 6.45) is 16.5. The molecule has 6 heteroatoms. The highest BCUT2D eigenvalue weighted by molar-refractivity contribution is 5.74. The average Bonchev–Trinajstić information content (AvgIpc) is 3.56. The van der Waals surface area contributed by atoms with Gasteiger partial charge in [0.1, 0.15) is 0 Å². The van der Waals surface area contributed by atoms with Crippen LogP contribution in [0.3, 0.4) is 0 Å².